The zero-order valence-corrected chi connectivity index (χ0v) is 11.7. The largest absolute Gasteiger partial charge is 0.338 e. The fourth-order valence-electron chi connectivity index (χ4n) is 2.55. The van der Waals surface area contributed by atoms with Crippen LogP contribution in [0.15, 0.2) is 0 Å². The highest BCUT2D eigenvalue weighted by atomic mass is 16.2. The van der Waals surface area contributed by atoms with Gasteiger partial charge in [-0.15, -0.1) is 0 Å². The molecule has 0 N–H and O–H groups in total. The molecule has 1 aliphatic rings. The van der Waals surface area contributed by atoms with E-state index in [1.54, 1.807) is 0 Å². The Morgan fingerprint density at radius 2 is 2.06 bits per heavy atom. The van der Waals surface area contributed by atoms with E-state index in [1.807, 2.05) is 0 Å². The molecule has 1 aliphatic heterocycles. The number of likely N-dealkylation sites (N-methyl/N-ethyl adjacent to an activating group) is 1. The fraction of sp³-hybridized carbons (Fsp3) is 0.929. The topological polar surface area (TPSA) is 23.6 Å². The van der Waals surface area contributed by atoms with Crippen molar-refractivity contribution in [2.75, 3.05) is 26.7 Å². The van der Waals surface area contributed by atoms with Gasteiger partial charge in [0, 0.05) is 25.6 Å². The number of rotatable bonds is 8. The standard InChI is InChI=1S/C14H28N2O/c1-4-6-10-15(3)11-12-16-13(7-5-2)8-9-14(16)17/h13H,4-12H2,1-3H3. The van der Waals surface area contributed by atoms with Crippen molar-refractivity contribution in [1.82, 2.24) is 9.80 Å². The highest BCUT2D eigenvalue weighted by Gasteiger charge is 2.29. The number of likely N-dealkylation sites (tertiary alicyclic amines) is 1. The number of carbonyl (C=O) groups excluding carboxylic acids is 1. The molecule has 0 aromatic heterocycles. The second-order valence-corrected chi connectivity index (χ2v) is 5.23. The molecule has 1 amide bonds. The third-order valence-corrected chi connectivity index (χ3v) is 3.69. The molecule has 100 valence electrons. The Balaban J connectivity index is 2.30. The first-order chi connectivity index (χ1) is 8.19. The Morgan fingerprint density at radius 3 is 2.71 bits per heavy atom. The van der Waals surface area contributed by atoms with E-state index in [2.05, 4.69) is 30.7 Å². The van der Waals surface area contributed by atoms with Crippen LogP contribution in [0, 0.1) is 0 Å². The van der Waals surface area contributed by atoms with Crippen LogP contribution < -0.4 is 0 Å². The molecule has 0 aromatic rings. The van der Waals surface area contributed by atoms with E-state index < -0.39 is 0 Å². The molecular weight excluding hydrogens is 212 g/mol. The zero-order valence-electron chi connectivity index (χ0n) is 11.7. The maximum absolute atomic E-state index is 11.8. The van der Waals surface area contributed by atoms with E-state index in [1.165, 1.54) is 25.7 Å². The van der Waals surface area contributed by atoms with Crippen LogP contribution in [-0.2, 0) is 4.79 Å². The molecule has 1 atom stereocenters. The predicted molar refractivity (Wildman–Crippen MR) is 72.0 cm³/mol. The number of nitrogens with zero attached hydrogens (tertiary/aromatic N) is 2. The molecule has 1 rings (SSSR count). The Kier molecular flexibility index (Phi) is 6.56. The summed E-state index contributed by atoms with van der Waals surface area (Å²) in [4.78, 5) is 16.3. The van der Waals surface area contributed by atoms with E-state index in [0.29, 0.717) is 11.9 Å². The SMILES string of the molecule is CCCCN(C)CCN1C(=O)CCC1CCC. The predicted octanol–water partition coefficient (Wildman–Crippen LogP) is 2.51. The first-order valence-electron chi connectivity index (χ1n) is 7.17. The fourth-order valence-corrected chi connectivity index (χ4v) is 2.55. The van der Waals surface area contributed by atoms with Crippen molar-refractivity contribution >= 4 is 5.91 Å². The van der Waals surface area contributed by atoms with E-state index in [9.17, 15) is 4.79 Å². The summed E-state index contributed by atoms with van der Waals surface area (Å²) in [5, 5.41) is 0. The van der Waals surface area contributed by atoms with Crippen molar-refractivity contribution in [2.24, 2.45) is 0 Å². The summed E-state index contributed by atoms with van der Waals surface area (Å²) < 4.78 is 0. The molecule has 1 saturated heterocycles. The molecule has 3 nitrogen and oxygen atoms in total. The van der Waals surface area contributed by atoms with E-state index in [4.69, 9.17) is 0 Å². The number of carbonyl (C=O) groups is 1. The Labute approximate surface area is 106 Å². The molecule has 0 aromatic carbocycles. The van der Waals surface area contributed by atoms with Crippen molar-refractivity contribution in [1.29, 1.82) is 0 Å². The molecule has 0 aliphatic carbocycles. The van der Waals surface area contributed by atoms with Crippen LogP contribution in [0.4, 0.5) is 0 Å². The van der Waals surface area contributed by atoms with Gasteiger partial charge in [0.2, 0.25) is 5.91 Å². The maximum Gasteiger partial charge on any atom is 0.222 e. The van der Waals surface area contributed by atoms with Crippen LogP contribution in [0.2, 0.25) is 0 Å². The average Bonchev–Trinajstić information content (AvgIpc) is 2.66. The minimum atomic E-state index is 0.368. The Bertz CT molecular complexity index is 230. The monoisotopic (exact) mass is 240 g/mol. The lowest BCUT2D eigenvalue weighted by Crippen LogP contribution is -2.39. The van der Waals surface area contributed by atoms with Gasteiger partial charge in [-0.25, -0.2) is 0 Å². The molecule has 3 heteroatoms. The molecule has 0 spiro atoms. The molecule has 0 saturated carbocycles. The lowest BCUT2D eigenvalue weighted by Gasteiger charge is -2.27. The van der Waals surface area contributed by atoms with Gasteiger partial charge in [-0.05, 0) is 32.9 Å². The van der Waals surface area contributed by atoms with Crippen LogP contribution in [0.25, 0.3) is 0 Å². The summed E-state index contributed by atoms with van der Waals surface area (Å²) in [6.45, 7) is 7.51. The molecule has 1 heterocycles. The molecule has 0 bridgehead atoms. The van der Waals surface area contributed by atoms with Crippen LogP contribution in [0.5, 0.6) is 0 Å². The summed E-state index contributed by atoms with van der Waals surface area (Å²) in [6.07, 6.45) is 6.69. The highest BCUT2D eigenvalue weighted by molar-refractivity contribution is 5.78. The Morgan fingerprint density at radius 1 is 1.29 bits per heavy atom. The summed E-state index contributed by atoms with van der Waals surface area (Å²) in [5.41, 5.74) is 0. The second-order valence-electron chi connectivity index (χ2n) is 5.23. The highest BCUT2D eigenvalue weighted by Crippen LogP contribution is 2.22. The van der Waals surface area contributed by atoms with Gasteiger partial charge in [0.15, 0.2) is 0 Å². The summed E-state index contributed by atoms with van der Waals surface area (Å²) in [5.74, 6) is 0.368. The number of hydrogen-bond acceptors (Lipinski definition) is 2. The van der Waals surface area contributed by atoms with E-state index in [-0.39, 0.29) is 0 Å². The lowest BCUT2D eigenvalue weighted by molar-refractivity contribution is -0.129. The minimum absolute atomic E-state index is 0.368. The number of hydrogen-bond donors (Lipinski definition) is 0. The van der Waals surface area contributed by atoms with Crippen LogP contribution in [-0.4, -0.2) is 48.4 Å². The zero-order chi connectivity index (χ0) is 12.7. The summed E-state index contributed by atoms with van der Waals surface area (Å²) >= 11 is 0. The maximum atomic E-state index is 11.8. The van der Waals surface area contributed by atoms with Crippen LogP contribution in [0.3, 0.4) is 0 Å². The van der Waals surface area contributed by atoms with Gasteiger partial charge in [-0.1, -0.05) is 26.7 Å². The third-order valence-electron chi connectivity index (χ3n) is 3.69. The van der Waals surface area contributed by atoms with Gasteiger partial charge in [0.05, 0.1) is 0 Å². The second kappa shape index (κ2) is 7.70. The van der Waals surface area contributed by atoms with Crippen molar-refractivity contribution in [3.05, 3.63) is 0 Å². The van der Waals surface area contributed by atoms with Gasteiger partial charge >= 0.3 is 0 Å². The molecule has 17 heavy (non-hydrogen) atoms. The van der Waals surface area contributed by atoms with Gasteiger partial charge in [0.1, 0.15) is 0 Å². The van der Waals surface area contributed by atoms with Crippen molar-refractivity contribution in [3.63, 3.8) is 0 Å². The van der Waals surface area contributed by atoms with Gasteiger partial charge in [-0.2, -0.15) is 0 Å². The normalized spacial score (nSPS) is 20.6. The first kappa shape index (κ1) is 14.5. The average molecular weight is 240 g/mol. The van der Waals surface area contributed by atoms with E-state index >= 15 is 0 Å². The van der Waals surface area contributed by atoms with Crippen LogP contribution >= 0.6 is 0 Å². The minimum Gasteiger partial charge on any atom is -0.338 e. The summed E-state index contributed by atoms with van der Waals surface area (Å²) in [7, 11) is 2.16. The summed E-state index contributed by atoms with van der Waals surface area (Å²) in [6, 6.07) is 0.520. The number of amides is 1. The van der Waals surface area contributed by atoms with E-state index in [0.717, 1.165) is 32.5 Å². The quantitative estimate of drug-likeness (QED) is 0.651. The van der Waals surface area contributed by atoms with Gasteiger partial charge in [-0.3, -0.25) is 4.79 Å². The third kappa shape index (κ3) is 4.66. The number of unbranched alkanes of at least 4 members (excludes halogenated alkanes) is 1. The van der Waals surface area contributed by atoms with Crippen molar-refractivity contribution in [2.45, 2.75) is 58.4 Å². The first-order valence-corrected chi connectivity index (χ1v) is 7.17. The lowest BCUT2D eigenvalue weighted by atomic mass is 10.1. The van der Waals surface area contributed by atoms with Crippen molar-refractivity contribution in [3.8, 4) is 0 Å². The molecule has 1 fully saturated rings. The van der Waals surface area contributed by atoms with Crippen LogP contribution in [0.1, 0.15) is 52.4 Å². The van der Waals surface area contributed by atoms with Crippen molar-refractivity contribution < 1.29 is 4.79 Å². The smallest absolute Gasteiger partial charge is 0.222 e. The molecular formula is C14H28N2O. The molecule has 0 radical (unpaired) electrons. The van der Waals surface area contributed by atoms with Gasteiger partial charge in [0.25, 0.3) is 0 Å². The molecule has 1 unspecified atom stereocenters. The van der Waals surface area contributed by atoms with Gasteiger partial charge < -0.3 is 9.80 Å². The Hall–Kier alpha value is -0.570.